The summed E-state index contributed by atoms with van der Waals surface area (Å²) in [5.74, 6) is 0.308. The Morgan fingerprint density at radius 1 is 1.14 bits per heavy atom. The van der Waals surface area contributed by atoms with Crippen LogP contribution in [0.5, 0.6) is 5.75 Å². The first-order valence-corrected chi connectivity index (χ1v) is 10.5. The molecule has 4 rings (SSSR count). The summed E-state index contributed by atoms with van der Waals surface area (Å²) < 4.78 is 45.6. The fourth-order valence-corrected chi connectivity index (χ4v) is 5.28. The highest BCUT2D eigenvalue weighted by Crippen LogP contribution is 2.46. The van der Waals surface area contributed by atoms with Gasteiger partial charge in [0.15, 0.2) is 0 Å². The predicted octanol–water partition coefficient (Wildman–Crippen LogP) is 3.47. The summed E-state index contributed by atoms with van der Waals surface area (Å²) in [6.45, 7) is 0.312. The third kappa shape index (κ3) is 3.09. The second-order valence-corrected chi connectivity index (χ2v) is 8.92. The van der Waals surface area contributed by atoms with Crippen molar-refractivity contribution in [3.05, 3.63) is 70.9 Å². The molecule has 2 bridgehead atoms. The van der Waals surface area contributed by atoms with Crippen LogP contribution in [0.1, 0.15) is 18.4 Å². The number of piperidine rings is 1. The van der Waals surface area contributed by atoms with Crippen molar-refractivity contribution in [2.75, 3.05) is 7.11 Å². The second-order valence-electron chi connectivity index (χ2n) is 7.08. The first-order chi connectivity index (χ1) is 13.4. The molecule has 0 aromatic heterocycles. The molecule has 1 heterocycles. The molecule has 2 aliphatic rings. The first kappa shape index (κ1) is 18.7. The summed E-state index contributed by atoms with van der Waals surface area (Å²) in [5, 5.41) is -1.11. The van der Waals surface area contributed by atoms with Crippen molar-refractivity contribution in [1.82, 2.24) is 4.90 Å². The Kier molecular flexibility index (Phi) is 4.71. The van der Waals surface area contributed by atoms with Crippen molar-refractivity contribution in [2.24, 2.45) is 5.92 Å². The van der Waals surface area contributed by atoms with E-state index in [2.05, 4.69) is 0 Å². The molecule has 1 saturated carbocycles. The van der Waals surface area contributed by atoms with Crippen LogP contribution in [0.2, 0.25) is 0 Å². The van der Waals surface area contributed by atoms with Crippen molar-refractivity contribution in [2.45, 2.75) is 30.3 Å². The Balaban J connectivity index is 1.64. The number of rotatable bonds is 5. The topological polar surface area (TPSA) is 63.7 Å². The number of fused-ring (bicyclic) bond motifs is 2. The third-order valence-corrected chi connectivity index (χ3v) is 7.07. The van der Waals surface area contributed by atoms with Gasteiger partial charge >= 0.3 is 0 Å². The fourth-order valence-electron chi connectivity index (χ4n) is 3.99. The molecule has 7 heteroatoms. The summed E-state index contributed by atoms with van der Waals surface area (Å²) in [6.07, 6.45) is 0.628. The van der Waals surface area contributed by atoms with E-state index in [1.54, 1.807) is 42.3 Å². The maximum atomic E-state index is 15.1. The molecule has 2 fully saturated rings. The van der Waals surface area contributed by atoms with Gasteiger partial charge in [0, 0.05) is 18.0 Å². The molecule has 146 valence electrons. The molecule has 1 aliphatic heterocycles. The maximum absolute atomic E-state index is 15.1. The molecule has 2 atom stereocenters. The van der Waals surface area contributed by atoms with Gasteiger partial charge in [-0.25, -0.2) is 8.42 Å². The van der Waals surface area contributed by atoms with Gasteiger partial charge in [0.2, 0.25) is 20.9 Å². The van der Waals surface area contributed by atoms with E-state index in [-0.39, 0.29) is 28.7 Å². The highest BCUT2D eigenvalue weighted by molar-refractivity contribution is 7.95. The van der Waals surface area contributed by atoms with Gasteiger partial charge in [-0.15, -0.1) is 0 Å². The molecule has 1 amide bonds. The molecule has 1 aliphatic carbocycles. The van der Waals surface area contributed by atoms with Crippen LogP contribution < -0.4 is 4.74 Å². The highest BCUT2D eigenvalue weighted by atomic mass is 32.2. The normalized spacial score (nSPS) is 23.2. The minimum atomic E-state index is -4.21. The summed E-state index contributed by atoms with van der Waals surface area (Å²) in [7, 11) is -2.63. The lowest BCUT2D eigenvalue weighted by molar-refractivity contribution is -0.133. The van der Waals surface area contributed by atoms with Crippen LogP contribution in [0.3, 0.4) is 0 Å². The second kappa shape index (κ2) is 7.05. The molecule has 0 N–H and O–H groups in total. The van der Waals surface area contributed by atoms with Gasteiger partial charge in [-0.1, -0.05) is 30.3 Å². The average Bonchev–Trinajstić information content (AvgIpc) is 3.28. The van der Waals surface area contributed by atoms with Crippen LogP contribution in [-0.2, 0) is 21.2 Å². The average molecular weight is 401 g/mol. The van der Waals surface area contributed by atoms with Crippen molar-refractivity contribution >= 4 is 15.7 Å². The lowest BCUT2D eigenvalue weighted by Crippen LogP contribution is -2.38. The zero-order valence-electron chi connectivity index (χ0n) is 15.3. The van der Waals surface area contributed by atoms with Crippen LogP contribution >= 0.6 is 0 Å². The number of hydrogen-bond donors (Lipinski definition) is 0. The van der Waals surface area contributed by atoms with Crippen molar-refractivity contribution in [1.29, 1.82) is 0 Å². The molecule has 0 radical (unpaired) electrons. The quantitative estimate of drug-likeness (QED) is 0.770. The molecular formula is C21H20FNO4S. The maximum Gasteiger partial charge on any atom is 0.233 e. The lowest BCUT2D eigenvalue weighted by atomic mass is 10.0. The Labute approximate surface area is 163 Å². The van der Waals surface area contributed by atoms with Crippen LogP contribution in [0, 0.1) is 5.92 Å². The molecule has 2 unspecified atom stereocenters. The molecule has 0 spiro atoms. The van der Waals surface area contributed by atoms with Gasteiger partial charge in [0.1, 0.15) is 5.75 Å². The monoisotopic (exact) mass is 401 g/mol. The van der Waals surface area contributed by atoms with Gasteiger partial charge in [-0.2, -0.15) is 4.39 Å². The van der Waals surface area contributed by atoms with E-state index in [1.165, 1.54) is 12.1 Å². The number of benzene rings is 2. The summed E-state index contributed by atoms with van der Waals surface area (Å²) >= 11 is 0. The number of carbonyl (C=O) groups is 1. The van der Waals surface area contributed by atoms with Crippen molar-refractivity contribution < 1.29 is 22.3 Å². The van der Waals surface area contributed by atoms with Crippen LogP contribution in [0.4, 0.5) is 4.39 Å². The third-order valence-electron chi connectivity index (χ3n) is 5.44. The SMILES string of the molecule is COc1ccc(CN2C(=O)C3C/C(=C(\F)S(=O)(=O)c4ccccc4)C2C3)cc1. The number of sulfone groups is 1. The molecule has 28 heavy (non-hydrogen) atoms. The molecule has 2 aromatic carbocycles. The van der Waals surface area contributed by atoms with E-state index in [4.69, 9.17) is 4.74 Å². The number of methoxy groups -OCH3 is 1. The van der Waals surface area contributed by atoms with Crippen molar-refractivity contribution in [3.8, 4) is 5.75 Å². The van der Waals surface area contributed by atoms with E-state index in [9.17, 15) is 13.2 Å². The van der Waals surface area contributed by atoms with E-state index in [1.807, 2.05) is 12.1 Å². The minimum absolute atomic E-state index is 0.0468. The van der Waals surface area contributed by atoms with E-state index in [0.29, 0.717) is 18.7 Å². The Morgan fingerprint density at radius 2 is 1.82 bits per heavy atom. The van der Waals surface area contributed by atoms with Crippen LogP contribution in [-0.4, -0.2) is 32.4 Å². The van der Waals surface area contributed by atoms with Gasteiger partial charge in [0.25, 0.3) is 0 Å². The summed E-state index contributed by atoms with van der Waals surface area (Å²) in [6, 6.07) is 14.3. The number of likely N-dealkylation sites (tertiary alicyclic amines) is 1. The van der Waals surface area contributed by atoms with Crippen LogP contribution in [0.25, 0.3) is 0 Å². The number of carbonyl (C=O) groups excluding carboxylic acids is 1. The standard InChI is InChI=1S/C21H20FNO4S/c1-27-16-9-7-14(8-10-16)13-23-19-12-15(21(23)24)11-18(19)20(22)28(25,26)17-5-3-2-4-6-17/h2-10,15,19H,11-13H2,1H3/b20-18-. The smallest absolute Gasteiger partial charge is 0.233 e. The van der Waals surface area contributed by atoms with E-state index < -0.39 is 21.0 Å². The fraction of sp³-hybridized carbons (Fsp3) is 0.286. The molecule has 5 nitrogen and oxygen atoms in total. The Hall–Kier alpha value is -2.67. The van der Waals surface area contributed by atoms with E-state index in [0.717, 1.165) is 5.56 Å². The number of nitrogens with zero attached hydrogens (tertiary/aromatic N) is 1. The molecule has 1 saturated heterocycles. The first-order valence-electron chi connectivity index (χ1n) is 9.04. The Morgan fingerprint density at radius 3 is 2.43 bits per heavy atom. The number of amides is 1. The Bertz CT molecular complexity index is 1030. The summed E-state index contributed by atoms with van der Waals surface area (Å²) in [4.78, 5) is 14.1. The van der Waals surface area contributed by atoms with E-state index >= 15 is 4.39 Å². The van der Waals surface area contributed by atoms with Crippen molar-refractivity contribution in [3.63, 3.8) is 0 Å². The highest BCUT2D eigenvalue weighted by Gasteiger charge is 2.50. The van der Waals surface area contributed by atoms with Gasteiger partial charge < -0.3 is 9.64 Å². The van der Waals surface area contributed by atoms with Gasteiger partial charge in [0.05, 0.1) is 18.0 Å². The minimum Gasteiger partial charge on any atom is -0.497 e. The molecule has 2 aromatic rings. The number of halogens is 1. The predicted molar refractivity (Wildman–Crippen MR) is 102 cm³/mol. The van der Waals surface area contributed by atoms with Gasteiger partial charge in [-0.05, 0) is 42.7 Å². The van der Waals surface area contributed by atoms with Gasteiger partial charge in [-0.3, -0.25) is 4.79 Å². The summed E-state index contributed by atoms with van der Waals surface area (Å²) in [5.41, 5.74) is 1.09. The zero-order chi connectivity index (χ0) is 19.9. The lowest BCUT2D eigenvalue weighted by Gasteiger charge is -2.29. The number of ether oxygens (including phenoxy) is 1. The number of hydrogen-bond acceptors (Lipinski definition) is 4. The largest absolute Gasteiger partial charge is 0.497 e. The van der Waals surface area contributed by atoms with Crippen LogP contribution in [0.15, 0.2) is 70.2 Å². The zero-order valence-corrected chi connectivity index (χ0v) is 16.2. The molecular weight excluding hydrogens is 381 g/mol.